The van der Waals surface area contributed by atoms with Gasteiger partial charge >= 0.3 is 5.69 Å². The lowest BCUT2D eigenvalue weighted by atomic mass is 9.92. The molecule has 0 aromatic carbocycles. The Hall–Kier alpha value is -2.42. The van der Waals surface area contributed by atoms with Gasteiger partial charge in [-0.3, -0.25) is 14.9 Å². The molecule has 0 saturated carbocycles. The van der Waals surface area contributed by atoms with Crippen LogP contribution in [0.2, 0.25) is 0 Å². The second-order valence-electron chi connectivity index (χ2n) is 4.78. The van der Waals surface area contributed by atoms with Gasteiger partial charge in [-0.25, -0.2) is 10.8 Å². The minimum atomic E-state index is -0.740. The van der Waals surface area contributed by atoms with Gasteiger partial charge in [-0.1, -0.05) is 0 Å². The number of carbonyl (C=O) groups excluding carboxylic acids is 1. The van der Waals surface area contributed by atoms with Gasteiger partial charge in [0.1, 0.15) is 5.82 Å². The summed E-state index contributed by atoms with van der Waals surface area (Å²) in [6.07, 6.45) is 0. The maximum Gasteiger partial charge on any atom is 0.311 e. The summed E-state index contributed by atoms with van der Waals surface area (Å²) in [7, 11) is 1.53. The summed E-state index contributed by atoms with van der Waals surface area (Å²) in [6.45, 7) is 3.62. The number of nitrogens with one attached hydrogen (secondary N) is 3. The van der Waals surface area contributed by atoms with Crippen molar-refractivity contribution in [3.63, 3.8) is 0 Å². The molecular weight excluding hydrogens is 264 g/mol. The average Bonchev–Trinajstić information content (AvgIpc) is 2.43. The van der Waals surface area contributed by atoms with E-state index in [4.69, 9.17) is 5.84 Å². The Bertz CT molecular complexity index is 517. The molecule has 110 valence electrons. The summed E-state index contributed by atoms with van der Waals surface area (Å²) in [4.78, 5) is 26.0. The van der Waals surface area contributed by atoms with Crippen LogP contribution in [-0.4, -0.2) is 29.4 Å². The van der Waals surface area contributed by atoms with Crippen molar-refractivity contribution < 1.29 is 9.72 Å². The lowest BCUT2D eigenvalue weighted by Crippen LogP contribution is -2.39. The van der Waals surface area contributed by atoms with E-state index >= 15 is 0 Å². The van der Waals surface area contributed by atoms with Crippen LogP contribution in [0.3, 0.4) is 0 Å². The molecule has 0 aliphatic heterocycles. The molecule has 0 unspecified atom stereocenters. The molecular formula is C11H18N6O3. The van der Waals surface area contributed by atoms with E-state index in [2.05, 4.69) is 21.0 Å². The smallest absolute Gasteiger partial charge is 0.311 e. The highest BCUT2D eigenvalue weighted by Gasteiger charge is 2.27. The van der Waals surface area contributed by atoms with Crippen molar-refractivity contribution in [2.75, 3.05) is 24.3 Å². The van der Waals surface area contributed by atoms with Gasteiger partial charge in [0.25, 0.3) is 0 Å². The molecule has 20 heavy (non-hydrogen) atoms. The molecule has 0 bridgehead atoms. The van der Waals surface area contributed by atoms with Crippen LogP contribution < -0.4 is 21.9 Å². The van der Waals surface area contributed by atoms with E-state index in [1.165, 1.54) is 19.2 Å². The molecule has 1 rings (SSSR count). The highest BCUT2D eigenvalue weighted by atomic mass is 16.6. The van der Waals surface area contributed by atoms with Gasteiger partial charge in [-0.2, -0.15) is 0 Å². The summed E-state index contributed by atoms with van der Waals surface area (Å²) in [5.74, 6) is 5.39. The number of nitrogens with two attached hydrogens (primary N) is 1. The fourth-order valence-electron chi connectivity index (χ4n) is 1.53. The summed E-state index contributed by atoms with van der Waals surface area (Å²) >= 11 is 0. The number of amides is 1. The first-order chi connectivity index (χ1) is 9.31. The minimum Gasteiger partial charge on any atom is -0.363 e. The Morgan fingerprint density at radius 2 is 2.15 bits per heavy atom. The molecule has 0 aliphatic carbocycles. The van der Waals surface area contributed by atoms with Gasteiger partial charge < -0.3 is 16.1 Å². The van der Waals surface area contributed by atoms with E-state index in [1.54, 1.807) is 13.8 Å². The normalized spacial score (nSPS) is 10.8. The Morgan fingerprint density at radius 1 is 1.50 bits per heavy atom. The van der Waals surface area contributed by atoms with Crippen LogP contribution in [-0.2, 0) is 4.79 Å². The van der Waals surface area contributed by atoms with E-state index in [-0.39, 0.29) is 29.8 Å². The Labute approximate surface area is 116 Å². The van der Waals surface area contributed by atoms with E-state index < -0.39 is 10.3 Å². The lowest BCUT2D eigenvalue weighted by molar-refractivity contribution is -0.384. The van der Waals surface area contributed by atoms with Gasteiger partial charge in [-0.15, -0.1) is 0 Å². The number of anilines is 2. The van der Waals surface area contributed by atoms with Crippen molar-refractivity contribution in [2.45, 2.75) is 13.8 Å². The molecule has 1 heterocycles. The van der Waals surface area contributed by atoms with Gasteiger partial charge in [0.15, 0.2) is 0 Å². The third kappa shape index (κ3) is 3.54. The molecule has 1 aromatic rings. The highest BCUT2D eigenvalue weighted by Crippen LogP contribution is 2.25. The van der Waals surface area contributed by atoms with Gasteiger partial charge in [-0.05, 0) is 19.9 Å². The predicted octanol–water partition coefficient (Wildman–Crippen LogP) is 0.460. The van der Waals surface area contributed by atoms with E-state index in [0.29, 0.717) is 0 Å². The van der Waals surface area contributed by atoms with Crippen molar-refractivity contribution in [2.24, 2.45) is 11.3 Å². The zero-order valence-corrected chi connectivity index (χ0v) is 11.6. The maximum absolute atomic E-state index is 11.7. The number of hydrogen-bond donors (Lipinski definition) is 4. The molecule has 0 aliphatic rings. The van der Waals surface area contributed by atoms with Gasteiger partial charge in [0, 0.05) is 19.7 Å². The van der Waals surface area contributed by atoms with Crippen molar-refractivity contribution in [3.05, 3.63) is 22.2 Å². The Morgan fingerprint density at radius 3 is 2.65 bits per heavy atom. The van der Waals surface area contributed by atoms with Crippen LogP contribution in [0.5, 0.6) is 0 Å². The topological polar surface area (TPSA) is 135 Å². The fourth-order valence-corrected chi connectivity index (χ4v) is 1.53. The first-order valence-corrected chi connectivity index (χ1v) is 5.90. The number of hydrogen-bond acceptors (Lipinski definition) is 7. The summed E-state index contributed by atoms with van der Waals surface area (Å²) in [5, 5.41) is 16.3. The average molecular weight is 282 g/mol. The molecule has 0 spiro atoms. The van der Waals surface area contributed by atoms with Crippen molar-refractivity contribution in [1.29, 1.82) is 0 Å². The van der Waals surface area contributed by atoms with E-state index in [0.717, 1.165) is 0 Å². The molecule has 9 heteroatoms. The van der Waals surface area contributed by atoms with Gasteiger partial charge in [0.05, 0.1) is 10.3 Å². The molecule has 0 fully saturated rings. The van der Waals surface area contributed by atoms with Crippen LogP contribution in [0.1, 0.15) is 13.8 Å². The number of rotatable bonds is 6. The van der Waals surface area contributed by atoms with Crippen LogP contribution in [0.25, 0.3) is 0 Å². The summed E-state index contributed by atoms with van der Waals surface area (Å²) < 4.78 is 0. The van der Waals surface area contributed by atoms with Crippen molar-refractivity contribution in [3.8, 4) is 0 Å². The van der Waals surface area contributed by atoms with E-state index in [1.807, 2.05) is 0 Å². The van der Waals surface area contributed by atoms with Crippen molar-refractivity contribution in [1.82, 2.24) is 10.3 Å². The minimum absolute atomic E-state index is 0.0578. The maximum atomic E-state index is 11.7. The third-order valence-corrected chi connectivity index (χ3v) is 2.76. The van der Waals surface area contributed by atoms with Crippen LogP contribution >= 0.6 is 0 Å². The number of aromatic nitrogens is 1. The first kappa shape index (κ1) is 15.6. The SMILES string of the molecule is CNC(=O)C(C)(C)CNc1nc(NN)ccc1[N+](=O)[O-]. The fraction of sp³-hybridized carbons (Fsp3) is 0.455. The molecule has 5 N–H and O–H groups in total. The first-order valence-electron chi connectivity index (χ1n) is 5.90. The van der Waals surface area contributed by atoms with Crippen LogP contribution in [0, 0.1) is 15.5 Å². The predicted molar refractivity (Wildman–Crippen MR) is 75.0 cm³/mol. The number of carbonyl (C=O) groups is 1. The second-order valence-corrected chi connectivity index (χ2v) is 4.78. The number of nitro groups is 1. The molecule has 0 atom stereocenters. The van der Waals surface area contributed by atoms with Crippen LogP contribution in [0.4, 0.5) is 17.3 Å². The largest absolute Gasteiger partial charge is 0.363 e. The second kappa shape index (κ2) is 6.15. The molecule has 1 amide bonds. The van der Waals surface area contributed by atoms with Crippen LogP contribution in [0.15, 0.2) is 12.1 Å². The zero-order valence-electron chi connectivity index (χ0n) is 11.6. The highest BCUT2D eigenvalue weighted by molar-refractivity contribution is 5.82. The molecule has 0 saturated heterocycles. The molecule has 9 nitrogen and oxygen atoms in total. The zero-order chi connectivity index (χ0) is 15.3. The molecule has 1 aromatic heterocycles. The van der Waals surface area contributed by atoms with E-state index in [9.17, 15) is 14.9 Å². The Balaban J connectivity index is 2.96. The van der Waals surface area contributed by atoms with Gasteiger partial charge in [0.2, 0.25) is 11.7 Å². The lowest BCUT2D eigenvalue weighted by Gasteiger charge is -2.23. The number of hydrazine groups is 1. The van der Waals surface area contributed by atoms with Crippen molar-refractivity contribution >= 4 is 23.2 Å². The third-order valence-electron chi connectivity index (χ3n) is 2.76. The Kier molecular flexibility index (Phi) is 4.81. The summed E-state index contributed by atoms with van der Waals surface area (Å²) in [6, 6.07) is 2.69. The number of nitrogen functional groups attached to an aromatic ring is 1. The number of nitrogens with zero attached hydrogens (tertiary/aromatic N) is 2. The standard InChI is InChI=1S/C11H18N6O3/c1-11(2,10(18)13-3)6-14-9-7(17(19)20)4-5-8(15-9)16-12/h4-5H,6,12H2,1-3H3,(H,13,18)(H2,14,15,16). The summed E-state index contributed by atoms with van der Waals surface area (Å²) in [5.41, 5.74) is 1.39. The number of pyridine rings is 1. The molecule has 0 radical (unpaired) electrons. The quantitative estimate of drug-likeness (QED) is 0.338. The monoisotopic (exact) mass is 282 g/mol.